The monoisotopic (exact) mass is 152 g/mol. The average Bonchev–Trinajstić information content (AvgIpc) is 2.03. The van der Waals surface area contributed by atoms with Crippen LogP contribution in [0.2, 0.25) is 0 Å². The summed E-state index contributed by atoms with van der Waals surface area (Å²) in [4.78, 5) is 9.91. The molecule has 1 heteroatoms. The van der Waals surface area contributed by atoms with Crippen LogP contribution < -0.4 is 0 Å². The number of rotatable bonds is 6. The van der Waals surface area contributed by atoms with Crippen molar-refractivity contribution >= 4 is 6.29 Å². The van der Waals surface area contributed by atoms with Crippen LogP contribution >= 0.6 is 0 Å². The highest BCUT2D eigenvalue weighted by Gasteiger charge is 1.82. The molecule has 0 saturated carbocycles. The average molecular weight is 152 g/mol. The van der Waals surface area contributed by atoms with E-state index in [4.69, 9.17) is 0 Å². The van der Waals surface area contributed by atoms with Crippen molar-refractivity contribution < 1.29 is 4.79 Å². The normalized spacial score (nSPS) is 11.4. The molecule has 11 heavy (non-hydrogen) atoms. The van der Waals surface area contributed by atoms with Crippen LogP contribution in [0.1, 0.15) is 32.6 Å². The maximum Gasteiger partial charge on any atom is 0.119 e. The van der Waals surface area contributed by atoms with Crippen LogP contribution in [0, 0.1) is 0 Å². The molecule has 0 fully saturated rings. The minimum absolute atomic E-state index is 0.706. The summed E-state index contributed by atoms with van der Waals surface area (Å²) in [6.07, 6.45) is 13.1. The highest BCUT2D eigenvalue weighted by atomic mass is 16.1. The van der Waals surface area contributed by atoms with Crippen molar-refractivity contribution in [3.05, 3.63) is 24.3 Å². The molecule has 0 amide bonds. The molecule has 0 spiro atoms. The van der Waals surface area contributed by atoms with Crippen molar-refractivity contribution in [3.63, 3.8) is 0 Å². The number of aldehydes is 1. The molecule has 0 aromatic carbocycles. The van der Waals surface area contributed by atoms with Gasteiger partial charge >= 0.3 is 0 Å². The first-order valence-corrected chi connectivity index (χ1v) is 4.13. The first-order chi connectivity index (χ1) is 5.41. The molecule has 0 N–H and O–H groups in total. The van der Waals surface area contributed by atoms with E-state index in [2.05, 4.69) is 6.08 Å². The molecule has 0 rings (SSSR count). The summed E-state index contributed by atoms with van der Waals surface area (Å²) in [5.41, 5.74) is 0. The molecule has 0 aliphatic carbocycles. The van der Waals surface area contributed by atoms with Gasteiger partial charge in [-0.25, -0.2) is 0 Å². The quantitative estimate of drug-likeness (QED) is 0.325. The second kappa shape index (κ2) is 9.15. The Balaban J connectivity index is 3.06. The zero-order valence-electron chi connectivity index (χ0n) is 7.12. The van der Waals surface area contributed by atoms with Crippen LogP contribution in [0.15, 0.2) is 24.3 Å². The predicted octanol–water partition coefficient (Wildman–Crippen LogP) is 2.88. The first kappa shape index (κ1) is 10.2. The van der Waals surface area contributed by atoms with E-state index >= 15 is 0 Å². The van der Waals surface area contributed by atoms with Gasteiger partial charge in [-0.3, -0.25) is 0 Å². The molecule has 0 radical (unpaired) electrons. The van der Waals surface area contributed by atoms with E-state index in [-0.39, 0.29) is 0 Å². The number of hydrogen-bond donors (Lipinski definition) is 0. The zero-order valence-corrected chi connectivity index (χ0v) is 7.12. The first-order valence-electron chi connectivity index (χ1n) is 4.13. The third-order valence-electron chi connectivity index (χ3n) is 1.38. The fourth-order valence-corrected chi connectivity index (χ4v) is 0.776. The van der Waals surface area contributed by atoms with Crippen LogP contribution in [0.3, 0.4) is 0 Å². The Labute approximate surface area is 68.8 Å². The number of unbranched alkanes of at least 4 members (excludes halogenated alkanes) is 3. The van der Waals surface area contributed by atoms with Crippen molar-refractivity contribution in [1.29, 1.82) is 0 Å². The number of carbonyl (C=O) groups excluding carboxylic acids is 1. The summed E-state index contributed by atoms with van der Waals surface area (Å²) in [7, 11) is 0. The van der Waals surface area contributed by atoms with Crippen LogP contribution in [0.25, 0.3) is 0 Å². The molecule has 0 aromatic heterocycles. The highest BCUT2D eigenvalue weighted by molar-refractivity contribution is 5.48. The van der Waals surface area contributed by atoms with Crippen molar-refractivity contribution in [2.75, 3.05) is 0 Å². The topological polar surface area (TPSA) is 17.1 Å². The molecule has 0 aliphatic rings. The lowest BCUT2D eigenvalue weighted by Gasteiger charge is -1.88. The standard InChI is InChI=1S/C10H16O/c1-2-3-4-5-6-7-8-9-10-11/h2-5,10H,6-9H2,1H3/b3-2+,5-4+. The molecule has 0 bridgehead atoms. The van der Waals surface area contributed by atoms with Crippen molar-refractivity contribution in [2.24, 2.45) is 0 Å². The van der Waals surface area contributed by atoms with Gasteiger partial charge < -0.3 is 4.79 Å². The summed E-state index contributed by atoms with van der Waals surface area (Å²) in [5, 5.41) is 0. The number of carbonyl (C=O) groups is 1. The lowest BCUT2D eigenvalue weighted by molar-refractivity contribution is -0.107. The van der Waals surface area contributed by atoms with E-state index in [1.807, 2.05) is 25.2 Å². The highest BCUT2D eigenvalue weighted by Crippen LogP contribution is 1.98. The summed E-state index contributed by atoms with van der Waals surface area (Å²) >= 11 is 0. The van der Waals surface area contributed by atoms with E-state index in [1.165, 1.54) is 0 Å². The third kappa shape index (κ3) is 9.15. The Kier molecular flexibility index (Phi) is 8.44. The Morgan fingerprint density at radius 2 is 1.82 bits per heavy atom. The molecule has 62 valence electrons. The van der Waals surface area contributed by atoms with Gasteiger partial charge in [-0.1, -0.05) is 24.3 Å². The van der Waals surface area contributed by atoms with Crippen molar-refractivity contribution in [1.82, 2.24) is 0 Å². The Hall–Kier alpha value is -0.850. The summed E-state index contributed by atoms with van der Waals surface area (Å²) < 4.78 is 0. The lowest BCUT2D eigenvalue weighted by atomic mass is 10.2. The van der Waals surface area contributed by atoms with Crippen LogP contribution in [0.5, 0.6) is 0 Å². The smallest absolute Gasteiger partial charge is 0.119 e. The molecule has 0 aliphatic heterocycles. The SMILES string of the molecule is C/C=C/C=C/CCCCC=O. The fraction of sp³-hybridized carbons (Fsp3) is 0.500. The van der Waals surface area contributed by atoms with Gasteiger partial charge in [0.2, 0.25) is 0 Å². The van der Waals surface area contributed by atoms with E-state index in [9.17, 15) is 4.79 Å². The third-order valence-corrected chi connectivity index (χ3v) is 1.38. The Morgan fingerprint density at radius 1 is 1.09 bits per heavy atom. The maximum atomic E-state index is 9.91. The predicted molar refractivity (Wildman–Crippen MR) is 48.5 cm³/mol. The largest absolute Gasteiger partial charge is 0.303 e. The van der Waals surface area contributed by atoms with Crippen LogP contribution in [0.4, 0.5) is 0 Å². The number of allylic oxidation sites excluding steroid dienone is 4. The minimum atomic E-state index is 0.706. The van der Waals surface area contributed by atoms with Crippen molar-refractivity contribution in [2.45, 2.75) is 32.6 Å². The van der Waals surface area contributed by atoms with Gasteiger partial charge in [0, 0.05) is 6.42 Å². The molecular formula is C10H16O. The Bertz CT molecular complexity index is 134. The lowest BCUT2D eigenvalue weighted by Crippen LogP contribution is -1.75. The molecule has 0 aromatic rings. The summed E-state index contributed by atoms with van der Waals surface area (Å²) in [6, 6.07) is 0. The summed E-state index contributed by atoms with van der Waals surface area (Å²) in [6.45, 7) is 2.00. The van der Waals surface area contributed by atoms with Gasteiger partial charge in [0.1, 0.15) is 6.29 Å². The number of hydrogen-bond acceptors (Lipinski definition) is 1. The van der Waals surface area contributed by atoms with Crippen molar-refractivity contribution in [3.8, 4) is 0 Å². The minimum Gasteiger partial charge on any atom is -0.303 e. The van der Waals surface area contributed by atoms with Gasteiger partial charge in [0.25, 0.3) is 0 Å². The van der Waals surface area contributed by atoms with Crippen LogP contribution in [-0.2, 0) is 4.79 Å². The van der Waals surface area contributed by atoms with Gasteiger partial charge in [0.15, 0.2) is 0 Å². The molecular weight excluding hydrogens is 136 g/mol. The van der Waals surface area contributed by atoms with Gasteiger partial charge in [-0.05, 0) is 26.2 Å². The fourth-order valence-electron chi connectivity index (χ4n) is 0.776. The molecule has 1 nitrogen and oxygen atoms in total. The second-order valence-corrected chi connectivity index (χ2v) is 2.41. The van der Waals surface area contributed by atoms with Gasteiger partial charge in [-0.2, -0.15) is 0 Å². The van der Waals surface area contributed by atoms with E-state index in [0.717, 1.165) is 25.5 Å². The second-order valence-electron chi connectivity index (χ2n) is 2.41. The van der Waals surface area contributed by atoms with Gasteiger partial charge in [-0.15, -0.1) is 0 Å². The molecule has 0 unspecified atom stereocenters. The van der Waals surface area contributed by atoms with E-state index in [1.54, 1.807) is 0 Å². The van der Waals surface area contributed by atoms with Gasteiger partial charge in [0.05, 0.1) is 0 Å². The zero-order chi connectivity index (χ0) is 8.36. The molecule has 0 atom stereocenters. The summed E-state index contributed by atoms with van der Waals surface area (Å²) in [5.74, 6) is 0. The molecule has 0 heterocycles. The van der Waals surface area contributed by atoms with Crippen LogP contribution in [-0.4, -0.2) is 6.29 Å². The Morgan fingerprint density at radius 3 is 2.45 bits per heavy atom. The van der Waals surface area contributed by atoms with E-state index < -0.39 is 0 Å². The maximum absolute atomic E-state index is 9.91. The molecule has 0 saturated heterocycles. The van der Waals surface area contributed by atoms with E-state index in [0.29, 0.717) is 6.42 Å².